The highest BCUT2D eigenvalue weighted by molar-refractivity contribution is 7.16. The molecule has 1 saturated heterocycles. The summed E-state index contributed by atoms with van der Waals surface area (Å²) in [5.74, 6) is 0.357. The van der Waals surface area contributed by atoms with Gasteiger partial charge in [-0.1, -0.05) is 11.3 Å². The number of hydrogen-bond donors (Lipinski definition) is 1. The predicted molar refractivity (Wildman–Crippen MR) is 98.8 cm³/mol. The van der Waals surface area contributed by atoms with Gasteiger partial charge in [-0.15, -0.1) is 0 Å². The van der Waals surface area contributed by atoms with E-state index in [9.17, 15) is 4.79 Å². The first-order valence-electron chi connectivity index (χ1n) is 8.54. The molecule has 5 rings (SSSR count). The summed E-state index contributed by atoms with van der Waals surface area (Å²) in [5.41, 5.74) is 3.75. The van der Waals surface area contributed by atoms with Crippen LogP contribution in [0, 0.1) is 13.8 Å². The molecule has 0 bridgehead atoms. The molecule has 132 valence electrons. The molecule has 4 aromatic heterocycles. The zero-order chi connectivity index (χ0) is 17.8. The van der Waals surface area contributed by atoms with Crippen LogP contribution in [-0.4, -0.2) is 42.3 Å². The lowest BCUT2D eigenvalue weighted by molar-refractivity contribution is 0.723. The van der Waals surface area contributed by atoms with Gasteiger partial charge in [-0.05, 0) is 38.4 Å². The molecule has 0 spiro atoms. The highest BCUT2D eigenvalue weighted by Gasteiger charge is 2.22. The molecule has 0 saturated carbocycles. The highest BCUT2D eigenvalue weighted by atomic mass is 32.1. The van der Waals surface area contributed by atoms with Gasteiger partial charge in [0.25, 0.3) is 5.56 Å². The van der Waals surface area contributed by atoms with Crippen molar-refractivity contribution in [1.29, 1.82) is 0 Å². The van der Waals surface area contributed by atoms with E-state index < -0.39 is 0 Å². The average molecular weight is 367 g/mol. The van der Waals surface area contributed by atoms with E-state index in [4.69, 9.17) is 0 Å². The largest absolute Gasteiger partial charge is 0.316 e. The number of imidazole rings is 1. The van der Waals surface area contributed by atoms with Crippen molar-refractivity contribution in [1.82, 2.24) is 34.5 Å². The topological polar surface area (TPSA) is 89.5 Å². The Labute approximate surface area is 152 Å². The lowest BCUT2D eigenvalue weighted by Crippen LogP contribution is -2.15. The summed E-state index contributed by atoms with van der Waals surface area (Å²) in [6.07, 6.45) is 2.91. The molecule has 9 heteroatoms. The van der Waals surface area contributed by atoms with Crippen LogP contribution in [-0.2, 0) is 0 Å². The minimum Gasteiger partial charge on any atom is -0.316 e. The third kappa shape index (κ3) is 2.43. The van der Waals surface area contributed by atoms with E-state index in [2.05, 4.69) is 25.5 Å². The summed E-state index contributed by atoms with van der Waals surface area (Å²) >= 11 is 1.48. The quantitative estimate of drug-likeness (QED) is 0.578. The summed E-state index contributed by atoms with van der Waals surface area (Å²) in [6.45, 7) is 5.80. The van der Waals surface area contributed by atoms with Crippen LogP contribution in [0.3, 0.4) is 0 Å². The Bertz CT molecular complexity index is 1200. The number of fused-ring (bicyclic) bond motifs is 2. The van der Waals surface area contributed by atoms with Crippen LogP contribution in [0.15, 0.2) is 23.1 Å². The fraction of sp³-hybridized carbons (Fsp3) is 0.353. The van der Waals surface area contributed by atoms with Gasteiger partial charge in [0.1, 0.15) is 10.7 Å². The Morgan fingerprint density at radius 1 is 1.19 bits per heavy atom. The molecule has 26 heavy (non-hydrogen) atoms. The first-order valence-corrected chi connectivity index (χ1v) is 9.36. The van der Waals surface area contributed by atoms with Crippen molar-refractivity contribution in [2.45, 2.75) is 26.2 Å². The normalized spacial score (nSPS) is 17.5. The van der Waals surface area contributed by atoms with Gasteiger partial charge in [-0.2, -0.15) is 14.7 Å². The fourth-order valence-corrected chi connectivity index (χ4v) is 4.40. The molecule has 1 aliphatic rings. The standard InChI is InChI=1S/C17H17N7OS/c1-9-5-13(21-23-8-10(2)19-15(9)23)12-6-14(25)24-17(20-12)26-16(22-24)11-3-4-18-7-11/h5-6,8,11,18H,3-4,7H2,1-2H3. The maximum Gasteiger partial charge on any atom is 0.275 e. The second kappa shape index (κ2) is 5.68. The molecular formula is C17H17N7OS. The zero-order valence-corrected chi connectivity index (χ0v) is 15.2. The summed E-state index contributed by atoms with van der Waals surface area (Å²) in [4.78, 5) is 22.3. The monoisotopic (exact) mass is 367 g/mol. The van der Waals surface area contributed by atoms with Crippen LogP contribution in [0.4, 0.5) is 0 Å². The minimum absolute atomic E-state index is 0.181. The van der Waals surface area contributed by atoms with Crippen LogP contribution in [0.5, 0.6) is 0 Å². The molecule has 1 unspecified atom stereocenters. The molecule has 0 aromatic carbocycles. The Morgan fingerprint density at radius 3 is 2.88 bits per heavy atom. The summed E-state index contributed by atoms with van der Waals surface area (Å²) in [6, 6.07) is 3.42. The van der Waals surface area contributed by atoms with Crippen LogP contribution in [0.1, 0.15) is 28.6 Å². The van der Waals surface area contributed by atoms with E-state index in [1.165, 1.54) is 21.9 Å². The molecule has 1 N–H and O–H groups in total. The Balaban J connectivity index is 1.66. The number of rotatable bonds is 2. The molecule has 0 radical (unpaired) electrons. The van der Waals surface area contributed by atoms with Crippen molar-refractivity contribution in [2.24, 2.45) is 0 Å². The first kappa shape index (κ1) is 15.6. The maximum atomic E-state index is 12.6. The van der Waals surface area contributed by atoms with E-state index in [1.807, 2.05) is 26.1 Å². The lowest BCUT2D eigenvalue weighted by atomic mass is 10.1. The van der Waals surface area contributed by atoms with Gasteiger partial charge in [0.05, 0.1) is 17.6 Å². The molecule has 4 aromatic rings. The van der Waals surface area contributed by atoms with E-state index in [-0.39, 0.29) is 5.56 Å². The average Bonchev–Trinajstić information content (AvgIpc) is 3.32. The van der Waals surface area contributed by atoms with Gasteiger partial charge in [0, 0.05) is 18.5 Å². The van der Waals surface area contributed by atoms with E-state index in [0.717, 1.165) is 41.4 Å². The third-order valence-corrected chi connectivity index (χ3v) is 5.73. The van der Waals surface area contributed by atoms with Gasteiger partial charge in [-0.25, -0.2) is 14.5 Å². The molecule has 0 aliphatic carbocycles. The number of hydrogen-bond acceptors (Lipinski definition) is 7. The van der Waals surface area contributed by atoms with Crippen molar-refractivity contribution >= 4 is 21.9 Å². The fourth-order valence-electron chi connectivity index (χ4n) is 3.36. The first-order chi connectivity index (χ1) is 12.6. The van der Waals surface area contributed by atoms with Crippen molar-refractivity contribution in [3.05, 3.63) is 44.9 Å². The van der Waals surface area contributed by atoms with Gasteiger partial charge in [-0.3, -0.25) is 4.79 Å². The number of aromatic nitrogens is 6. The highest BCUT2D eigenvalue weighted by Crippen LogP contribution is 2.27. The summed E-state index contributed by atoms with van der Waals surface area (Å²) in [7, 11) is 0. The van der Waals surface area contributed by atoms with Crippen LogP contribution in [0.25, 0.3) is 22.0 Å². The Hall–Kier alpha value is -2.65. The van der Waals surface area contributed by atoms with Gasteiger partial charge in [0.2, 0.25) is 4.96 Å². The molecule has 1 atom stereocenters. The minimum atomic E-state index is -0.181. The molecule has 1 fully saturated rings. The molecule has 1 aliphatic heterocycles. The maximum absolute atomic E-state index is 12.6. The van der Waals surface area contributed by atoms with E-state index in [1.54, 1.807) is 4.52 Å². The molecular weight excluding hydrogens is 350 g/mol. The van der Waals surface area contributed by atoms with E-state index in [0.29, 0.717) is 22.3 Å². The number of aryl methyl sites for hydroxylation is 2. The van der Waals surface area contributed by atoms with Crippen molar-refractivity contribution in [2.75, 3.05) is 13.1 Å². The second-order valence-corrected chi connectivity index (χ2v) is 7.65. The van der Waals surface area contributed by atoms with Crippen LogP contribution in [0.2, 0.25) is 0 Å². The molecule has 0 amide bonds. The van der Waals surface area contributed by atoms with Crippen LogP contribution < -0.4 is 10.9 Å². The second-order valence-electron chi connectivity index (χ2n) is 6.67. The number of nitrogens with one attached hydrogen (secondary N) is 1. The van der Waals surface area contributed by atoms with E-state index >= 15 is 0 Å². The molecule has 8 nitrogen and oxygen atoms in total. The van der Waals surface area contributed by atoms with Crippen molar-refractivity contribution in [3.63, 3.8) is 0 Å². The SMILES string of the molecule is Cc1cn2nc(-c3cc(=O)n4nc(C5CCNC5)sc4n3)cc(C)c2n1. The third-order valence-electron chi connectivity index (χ3n) is 4.66. The Kier molecular flexibility index (Phi) is 3.41. The molecule has 5 heterocycles. The van der Waals surface area contributed by atoms with Crippen molar-refractivity contribution < 1.29 is 0 Å². The van der Waals surface area contributed by atoms with Gasteiger partial charge < -0.3 is 5.32 Å². The summed E-state index contributed by atoms with van der Waals surface area (Å²) in [5, 5.41) is 13.4. The van der Waals surface area contributed by atoms with Gasteiger partial charge >= 0.3 is 0 Å². The van der Waals surface area contributed by atoms with Gasteiger partial charge in [0.15, 0.2) is 5.65 Å². The lowest BCUT2D eigenvalue weighted by Gasteiger charge is -2.03. The predicted octanol–water partition coefficient (Wildman–Crippen LogP) is 1.55. The van der Waals surface area contributed by atoms with Crippen molar-refractivity contribution in [3.8, 4) is 11.4 Å². The number of nitrogens with zero attached hydrogens (tertiary/aromatic N) is 6. The smallest absolute Gasteiger partial charge is 0.275 e. The summed E-state index contributed by atoms with van der Waals surface area (Å²) < 4.78 is 3.14. The zero-order valence-electron chi connectivity index (χ0n) is 14.4. The van der Waals surface area contributed by atoms with Crippen LogP contribution >= 0.6 is 11.3 Å². The Morgan fingerprint density at radius 2 is 2.08 bits per heavy atom.